The lowest BCUT2D eigenvalue weighted by atomic mass is 9.78. The minimum atomic E-state index is -0.804. The fourth-order valence-electron chi connectivity index (χ4n) is 3.28. The average molecular weight is 203 g/mol. The molecule has 1 aromatic carbocycles. The highest BCUT2D eigenvalue weighted by Gasteiger charge is 2.59. The van der Waals surface area contributed by atoms with Crippen LogP contribution < -0.4 is 5.73 Å². The maximum atomic E-state index is 11.6. The molecule has 3 N–H and O–H groups in total. The first kappa shape index (κ1) is 8.92. The lowest BCUT2D eigenvalue weighted by molar-refractivity contribution is -0.126. The standard InChI is InChI=1S/C12H13NO2/c13-11(15)12-6-5-8(10(12)14)7-3-1-2-4-9(7)12/h1-4,8,10,14H,5-6H2,(H2,13,15). The maximum absolute atomic E-state index is 11.6. The van der Waals surface area contributed by atoms with Gasteiger partial charge in [0.25, 0.3) is 0 Å². The Kier molecular flexibility index (Phi) is 1.55. The molecule has 2 aliphatic carbocycles. The van der Waals surface area contributed by atoms with Crippen LogP contribution in [0.1, 0.15) is 29.9 Å². The molecule has 3 rings (SSSR count). The minimum absolute atomic E-state index is 0.105. The molecule has 3 unspecified atom stereocenters. The van der Waals surface area contributed by atoms with Crippen molar-refractivity contribution in [3.8, 4) is 0 Å². The average Bonchev–Trinajstić information content (AvgIpc) is 2.70. The number of carbonyl (C=O) groups is 1. The van der Waals surface area contributed by atoms with Crippen LogP contribution in [-0.2, 0) is 10.2 Å². The van der Waals surface area contributed by atoms with Gasteiger partial charge in [0.2, 0.25) is 5.91 Å². The zero-order valence-electron chi connectivity index (χ0n) is 8.31. The number of aliphatic hydroxyl groups excluding tert-OH is 1. The molecule has 0 spiro atoms. The van der Waals surface area contributed by atoms with Crippen molar-refractivity contribution in [1.29, 1.82) is 0 Å². The molecule has 0 aliphatic heterocycles. The van der Waals surface area contributed by atoms with Gasteiger partial charge in [0, 0.05) is 5.92 Å². The second kappa shape index (κ2) is 2.61. The van der Waals surface area contributed by atoms with Gasteiger partial charge in [-0.1, -0.05) is 24.3 Å². The van der Waals surface area contributed by atoms with Crippen LogP contribution in [0.4, 0.5) is 0 Å². The Balaban J connectivity index is 2.28. The molecule has 0 aromatic heterocycles. The van der Waals surface area contributed by atoms with Crippen molar-refractivity contribution in [2.45, 2.75) is 30.3 Å². The molecule has 1 fully saturated rings. The fraction of sp³-hybridized carbons (Fsp3) is 0.417. The Morgan fingerprint density at radius 3 is 2.93 bits per heavy atom. The van der Waals surface area contributed by atoms with Crippen molar-refractivity contribution in [3.05, 3.63) is 35.4 Å². The highest BCUT2D eigenvalue weighted by molar-refractivity contribution is 5.90. The van der Waals surface area contributed by atoms with Crippen molar-refractivity contribution in [2.24, 2.45) is 5.73 Å². The van der Waals surface area contributed by atoms with Crippen molar-refractivity contribution in [2.75, 3.05) is 0 Å². The van der Waals surface area contributed by atoms with E-state index in [1.807, 2.05) is 24.3 Å². The number of carbonyl (C=O) groups excluding carboxylic acids is 1. The quantitative estimate of drug-likeness (QED) is 0.704. The van der Waals surface area contributed by atoms with Crippen LogP contribution in [0.15, 0.2) is 24.3 Å². The minimum Gasteiger partial charge on any atom is -0.391 e. The van der Waals surface area contributed by atoms with Crippen LogP contribution in [0.25, 0.3) is 0 Å². The van der Waals surface area contributed by atoms with E-state index in [2.05, 4.69) is 0 Å². The second-order valence-corrected chi connectivity index (χ2v) is 4.51. The zero-order chi connectivity index (χ0) is 10.6. The van der Waals surface area contributed by atoms with E-state index in [-0.39, 0.29) is 11.8 Å². The summed E-state index contributed by atoms with van der Waals surface area (Å²) in [6.45, 7) is 0. The van der Waals surface area contributed by atoms with E-state index in [4.69, 9.17) is 5.73 Å². The third kappa shape index (κ3) is 0.827. The molecular weight excluding hydrogens is 190 g/mol. The molecule has 1 aromatic rings. The third-order valence-corrected chi connectivity index (χ3v) is 4.02. The summed E-state index contributed by atoms with van der Waals surface area (Å²) in [6.07, 6.45) is 0.930. The molecule has 3 atom stereocenters. The van der Waals surface area contributed by atoms with Gasteiger partial charge in [0.05, 0.1) is 6.10 Å². The predicted molar refractivity (Wildman–Crippen MR) is 55.3 cm³/mol. The molecule has 1 amide bonds. The van der Waals surface area contributed by atoms with Crippen LogP contribution in [0.3, 0.4) is 0 Å². The summed E-state index contributed by atoms with van der Waals surface area (Å²) in [6, 6.07) is 7.76. The Morgan fingerprint density at radius 2 is 2.20 bits per heavy atom. The number of rotatable bonds is 1. The second-order valence-electron chi connectivity index (χ2n) is 4.51. The number of hydrogen-bond donors (Lipinski definition) is 2. The molecular formula is C12H13NO2. The summed E-state index contributed by atoms with van der Waals surface area (Å²) >= 11 is 0. The molecule has 0 radical (unpaired) electrons. The monoisotopic (exact) mass is 203 g/mol. The predicted octanol–water partition coefficient (Wildman–Crippen LogP) is 0.662. The number of aliphatic hydroxyl groups is 1. The number of benzene rings is 1. The van der Waals surface area contributed by atoms with E-state index in [1.165, 1.54) is 0 Å². The molecule has 2 bridgehead atoms. The normalized spacial score (nSPS) is 36.6. The molecule has 0 heterocycles. The smallest absolute Gasteiger partial charge is 0.230 e. The van der Waals surface area contributed by atoms with Gasteiger partial charge >= 0.3 is 0 Å². The van der Waals surface area contributed by atoms with Crippen molar-refractivity contribution < 1.29 is 9.90 Å². The first-order valence-corrected chi connectivity index (χ1v) is 5.25. The zero-order valence-corrected chi connectivity index (χ0v) is 8.31. The van der Waals surface area contributed by atoms with E-state index in [1.54, 1.807) is 0 Å². The van der Waals surface area contributed by atoms with Crippen LogP contribution >= 0.6 is 0 Å². The number of hydrogen-bond acceptors (Lipinski definition) is 2. The Bertz CT molecular complexity index is 443. The molecule has 78 valence electrons. The SMILES string of the molecule is NC(=O)C12CCC(c3ccccc31)C2O. The van der Waals surface area contributed by atoms with Gasteiger partial charge in [-0.05, 0) is 24.0 Å². The van der Waals surface area contributed by atoms with Gasteiger partial charge in [-0.15, -0.1) is 0 Å². The lowest BCUT2D eigenvalue weighted by Gasteiger charge is -2.26. The molecule has 3 heteroatoms. The number of primary amides is 1. The summed E-state index contributed by atoms with van der Waals surface area (Å²) < 4.78 is 0. The molecule has 1 saturated carbocycles. The highest BCUT2D eigenvalue weighted by Crippen LogP contribution is 2.56. The van der Waals surface area contributed by atoms with Gasteiger partial charge in [0.1, 0.15) is 5.41 Å². The highest BCUT2D eigenvalue weighted by atomic mass is 16.3. The van der Waals surface area contributed by atoms with Crippen molar-refractivity contribution in [3.63, 3.8) is 0 Å². The summed E-state index contributed by atoms with van der Waals surface area (Å²) in [5.74, 6) is -0.281. The third-order valence-electron chi connectivity index (χ3n) is 4.02. The number of nitrogens with two attached hydrogens (primary N) is 1. The summed E-state index contributed by atoms with van der Waals surface area (Å²) in [5.41, 5.74) is 6.72. The largest absolute Gasteiger partial charge is 0.391 e. The lowest BCUT2D eigenvalue weighted by Crippen LogP contribution is -2.45. The van der Waals surface area contributed by atoms with E-state index in [0.717, 1.165) is 17.5 Å². The number of fused-ring (bicyclic) bond motifs is 5. The van der Waals surface area contributed by atoms with Crippen LogP contribution in [-0.4, -0.2) is 17.1 Å². The topological polar surface area (TPSA) is 63.3 Å². The van der Waals surface area contributed by atoms with Crippen LogP contribution in [0.5, 0.6) is 0 Å². The van der Waals surface area contributed by atoms with Crippen LogP contribution in [0.2, 0.25) is 0 Å². The molecule has 0 saturated heterocycles. The summed E-state index contributed by atoms with van der Waals surface area (Å²) in [7, 11) is 0. The van der Waals surface area contributed by atoms with Gasteiger partial charge in [0.15, 0.2) is 0 Å². The van der Waals surface area contributed by atoms with E-state index in [0.29, 0.717) is 6.42 Å². The first-order valence-electron chi connectivity index (χ1n) is 5.25. The van der Waals surface area contributed by atoms with Crippen molar-refractivity contribution >= 4 is 5.91 Å². The van der Waals surface area contributed by atoms with Crippen molar-refractivity contribution in [1.82, 2.24) is 0 Å². The van der Waals surface area contributed by atoms with E-state index in [9.17, 15) is 9.90 Å². The number of amides is 1. The van der Waals surface area contributed by atoms with Gasteiger partial charge in [-0.2, -0.15) is 0 Å². The van der Waals surface area contributed by atoms with E-state index < -0.39 is 11.5 Å². The first-order chi connectivity index (χ1) is 7.18. The van der Waals surface area contributed by atoms with E-state index >= 15 is 0 Å². The molecule has 2 aliphatic rings. The fourth-order valence-corrected chi connectivity index (χ4v) is 3.28. The Hall–Kier alpha value is -1.35. The van der Waals surface area contributed by atoms with Gasteiger partial charge in [-0.3, -0.25) is 4.79 Å². The van der Waals surface area contributed by atoms with Gasteiger partial charge in [-0.25, -0.2) is 0 Å². The van der Waals surface area contributed by atoms with Crippen LogP contribution in [0, 0.1) is 0 Å². The Labute approximate surface area is 87.9 Å². The summed E-state index contributed by atoms with van der Waals surface area (Å²) in [4.78, 5) is 11.6. The Morgan fingerprint density at radius 1 is 1.47 bits per heavy atom. The maximum Gasteiger partial charge on any atom is 0.230 e. The molecule has 15 heavy (non-hydrogen) atoms. The van der Waals surface area contributed by atoms with Gasteiger partial charge < -0.3 is 10.8 Å². The molecule has 3 nitrogen and oxygen atoms in total. The summed E-state index contributed by atoms with van der Waals surface area (Å²) in [5, 5.41) is 10.2.